The van der Waals surface area contributed by atoms with Gasteiger partial charge in [0.05, 0.1) is 25.3 Å². The molecule has 1 aliphatic heterocycles. The molecule has 0 aromatic carbocycles. The highest BCUT2D eigenvalue weighted by molar-refractivity contribution is 6.32. The Bertz CT molecular complexity index is 1040. The Balaban J connectivity index is 1.64. The van der Waals surface area contributed by atoms with Crippen LogP contribution in [0.3, 0.4) is 0 Å². The van der Waals surface area contributed by atoms with E-state index in [0.717, 1.165) is 0 Å². The summed E-state index contributed by atoms with van der Waals surface area (Å²) < 4.78 is 6.00. The zero-order chi connectivity index (χ0) is 24.6. The fraction of sp³-hybridized carbons (Fsp3) is 0.579. The highest BCUT2D eigenvalue weighted by atomic mass is 35.5. The molecule has 15 heteroatoms. The molecule has 186 valence electrons. The Morgan fingerprint density at radius 1 is 0.882 bits per heavy atom. The van der Waals surface area contributed by atoms with Gasteiger partial charge in [-0.15, -0.1) is 0 Å². The molecule has 0 radical (unpaired) electrons. The van der Waals surface area contributed by atoms with Gasteiger partial charge in [0.15, 0.2) is 21.9 Å². The summed E-state index contributed by atoms with van der Waals surface area (Å²) >= 11 is 11.9. The molecule has 10 N–H and O–H groups in total. The second-order valence-electron chi connectivity index (χ2n) is 8.44. The first kappa shape index (κ1) is 24.9. The largest absolute Gasteiger partial charge is 0.396 e. The van der Waals surface area contributed by atoms with Crippen LogP contribution in [0.15, 0.2) is 12.7 Å². The lowest BCUT2D eigenvalue weighted by Gasteiger charge is -2.48. The molecule has 4 rings (SSSR count). The first-order valence-corrected chi connectivity index (χ1v) is 11.3. The maximum Gasteiger partial charge on any atom is 0.157 e. The van der Waals surface area contributed by atoms with E-state index in [2.05, 4.69) is 30.6 Å². The molecule has 1 aliphatic carbocycles. The number of rotatable bonds is 6. The number of nitrogens with one attached hydrogen (secondary N) is 2. The van der Waals surface area contributed by atoms with Crippen LogP contribution in [0.1, 0.15) is 6.42 Å². The Morgan fingerprint density at radius 2 is 1.35 bits per heavy atom. The van der Waals surface area contributed by atoms with Crippen LogP contribution in [0.2, 0.25) is 10.3 Å². The van der Waals surface area contributed by atoms with Crippen molar-refractivity contribution >= 4 is 46.2 Å². The minimum atomic E-state index is -1.49. The van der Waals surface area contributed by atoms with Crippen LogP contribution in [0.25, 0.3) is 0 Å². The Morgan fingerprint density at radius 3 is 1.82 bits per heavy atom. The Hall–Kier alpha value is -2.26. The second kappa shape index (κ2) is 9.77. The number of hydrogen-bond donors (Lipinski definition) is 8. The average molecular weight is 517 g/mol. The van der Waals surface area contributed by atoms with Gasteiger partial charge in [-0.3, -0.25) is 0 Å². The van der Waals surface area contributed by atoms with Gasteiger partial charge in [0.25, 0.3) is 0 Å². The number of hydrogen-bond acceptors (Lipinski definition) is 13. The lowest BCUT2D eigenvalue weighted by Crippen LogP contribution is -2.66. The van der Waals surface area contributed by atoms with E-state index in [4.69, 9.17) is 39.4 Å². The predicted molar refractivity (Wildman–Crippen MR) is 124 cm³/mol. The number of aromatic nitrogens is 4. The van der Waals surface area contributed by atoms with E-state index in [-0.39, 0.29) is 59.6 Å². The van der Waals surface area contributed by atoms with E-state index < -0.39 is 41.7 Å². The highest BCUT2D eigenvalue weighted by Gasteiger charge is 2.62. The molecule has 0 amide bonds. The van der Waals surface area contributed by atoms with Gasteiger partial charge >= 0.3 is 0 Å². The van der Waals surface area contributed by atoms with Crippen molar-refractivity contribution in [2.45, 2.75) is 36.3 Å². The van der Waals surface area contributed by atoms with Crippen molar-refractivity contribution < 1.29 is 25.2 Å². The number of nitrogens with zero attached hydrogens (tertiary/aromatic N) is 4. The number of aliphatic hydroxyl groups is 4. The number of anilines is 4. The molecule has 2 aromatic rings. The van der Waals surface area contributed by atoms with Gasteiger partial charge in [-0.25, -0.2) is 19.9 Å². The van der Waals surface area contributed by atoms with Gasteiger partial charge < -0.3 is 47.3 Å². The van der Waals surface area contributed by atoms with Crippen molar-refractivity contribution in [2.75, 3.05) is 41.9 Å². The molecule has 0 bridgehead atoms. The number of aliphatic hydroxyl groups excluding tert-OH is 4. The summed E-state index contributed by atoms with van der Waals surface area (Å²) in [6.45, 7) is -0.630. The first-order valence-electron chi connectivity index (χ1n) is 10.5. The minimum absolute atomic E-state index is 0.00729. The summed E-state index contributed by atoms with van der Waals surface area (Å²) in [6.07, 6.45) is -0.128. The molecule has 0 unspecified atom stereocenters. The molecule has 7 atom stereocenters. The molecular formula is C19H26Cl2N8O5. The van der Waals surface area contributed by atoms with Crippen LogP contribution in [-0.2, 0) is 4.74 Å². The molecule has 2 aliphatic rings. The van der Waals surface area contributed by atoms with Crippen LogP contribution >= 0.6 is 23.2 Å². The monoisotopic (exact) mass is 516 g/mol. The van der Waals surface area contributed by atoms with Gasteiger partial charge in [0.2, 0.25) is 0 Å². The fourth-order valence-electron chi connectivity index (χ4n) is 4.70. The first-order chi connectivity index (χ1) is 16.2. The Kier molecular flexibility index (Phi) is 7.14. The van der Waals surface area contributed by atoms with E-state index in [1.165, 1.54) is 12.7 Å². The standard InChI is InChI=1S/C19H26Cl2N8O5/c20-15-9(22)17(26-5-24-15)28-11-7(2-30)1-19(13(11)32)14(33)12(8(3-31)4-34-19)29-18-10(23)16(21)25-6-27-18/h5-8,11-14,30-33H,1-4,22-23H2,(H,24,26,28)(H,25,27,29)/t7-,8-,11+,12-,13-,14+,19-/m1/s1. The molecule has 3 heterocycles. The zero-order valence-corrected chi connectivity index (χ0v) is 19.4. The molecular weight excluding hydrogens is 491 g/mol. The highest BCUT2D eigenvalue weighted by Crippen LogP contribution is 2.46. The van der Waals surface area contributed by atoms with Crippen molar-refractivity contribution in [3.63, 3.8) is 0 Å². The lowest BCUT2D eigenvalue weighted by molar-refractivity contribution is -0.215. The van der Waals surface area contributed by atoms with Gasteiger partial charge in [-0.1, -0.05) is 23.2 Å². The predicted octanol–water partition coefficient (Wildman–Crippen LogP) is -0.889. The van der Waals surface area contributed by atoms with Crippen LogP contribution in [0.4, 0.5) is 23.0 Å². The second-order valence-corrected chi connectivity index (χ2v) is 9.15. The summed E-state index contributed by atoms with van der Waals surface area (Å²) in [5.74, 6) is -0.750. The zero-order valence-electron chi connectivity index (χ0n) is 17.8. The number of ether oxygens (including phenoxy) is 1. The van der Waals surface area contributed by atoms with E-state index in [0.29, 0.717) is 0 Å². The van der Waals surface area contributed by atoms with Gasteiger partial charge in [0.1, 0.15) is 41.8 Å². The third-order valence-corrected chi connectivity index (χ3v) is 7.19. The van der Waals surface area contributed by atoms with Crippen LogP contribution in [0, 0.1) is 11.8 Å². The SMILES string of the molecule is Nc1c(Cl)ncnc1N[C@@H]1[C@H](CO)CO[C@@]2(C[C@H](CO)[C@H](Nc3ncnc(Cl)c3N)[C@H]2O)[C@H]1O. The molecule has 1 spiro atoms. The maximum atomic E-state index is 11.5. The van der Waals surface area contributed by atoms with Gasteiger partial charge in [-0.05, 0) is 6.42 Å². The van der Waals surface area contributed by atoms with Crippen LogP contribution < -0.4 is 22.1 Å². The van der Waals surface area contributed by atoms with E-state index >= 15 is 0 Å². The van der Waals surface area contributed by atoms with Crippen molar-refractivity contribution in [1.29, 1.82) is 0 Å². The minimum Gasteiger partial charge on any atom is -0.396 e. The third kappa shape index (κ3) is 4.17. The van der Waals surface area contributed by atoms with E-state index in [1.54, 1.807) is 0 Å². The normalized spacial score (nSPS) is 33.2. The van der Waals surface area contributed by atoms with Crippen molar-refractivity contribution in [1.82, 2.24) is 19.9 Å². The average Bonchev–Trinajstić information content (AvgIpc) is 3.09. The summed E-state index contributed by atoms with van der Waals surface area (Å²) in [4.78, 5) is 15.7. The smallest absolute Gasteiger partial charge is 0.157 e. The van der Waals surface area contributed by atoms with E-state index in [1.807, 2.05) is 0 Å². The molecule has 2 aromatic heterocycles. The summed E-state index contributed by atoms with van der Waals surface area (Å²) in [7, 11) is 0. The number of nitrogen functional groups attached to an aromatic ring is 2. The summed E-state index contributed by atoms with van der Waals surface area (Å²) in [5.41, 5.74) is 10.6. The molecule has 1 saturated carbocycles. The number of halogens is 2. The third-order valence-electron chi connectivity index (χ3n) is 6.59. The van der Waals surface area contributed by atoms with Crippen LogP contribution in [-0.4, -0.2) is 90.1 Å². The van der Waals surface area contributed by atoms with E-state index in [9.17, 15) is 20.4 Å². The molecule has 1 saturated heterocycles. The van der Waals surface area contributed by atoms with Gasteiger partial charge in [0, 0.05) is 18.4 Å². The van der Waals surface area contributed by atoms with Crippen LogP contribution in [0.5, 0.6) is 0 Å². The van der Waals surface area contributed by atoms with Gasteiger partial charge in [-0.2, -0.15) is 0 Å². The summed E-state index contributed by atoms with van der Waals surface area (Å²) in [5, 5.41) is 48.9. The maximum absolute atomic E-state index is 11.5. The fourth-order valence-corrected chi connectivity index (χ4v) is 4.97. The number of nitrogens with two attached hydrogens (primary N) is 2. The molecule has 13 nitrogen and oxygen atoms in total. The summed E-state index contributed by atoms with van der Waals surface area (Å²) in [6, 6.07) is -1.61. The van der Waals surface area contributed by atoms with Crippen molar-refractivity contribution in [3.05, 3.63) is 23.0 Å². The van der Waals surface area contributed by atoms with Crippen molar-refractivity contribution in [2.24, 2.45) is 11.8 Å². The Labute approximate surface area is 204 Å². The quantitative estimate of drug-likeness (QED) is 0.218. The lowest BCUT2D eigenvalue weighted by atomic mass is 9.79. The van der Waals surface area contributed by atoms with Crippen molar-refractivity contribution in [3.8, 4) is 0 Å². The molecule has 34 heavy (non-hydrogen) atoms. The molecule has 2 fully saturated rings. The topological polar surface area (TPSA) is 218 Å².